The lowest BCUT2D eigenvalue weighted by Gasteiger charge is -2.15. The zero-order valence-electron chi connectivity index (χ0n) is 10.3. The number of carbonyl (C=O) groups is 1. The first-order valence-electron chi connectivity index (χ1n) is 6.42. The van der Waals surface area contributed by atoms with Gasteiger partial charge in [-0.15, -0.1) is 0 Å². The Balaban J connectivity index is 3.63. The summed E-state index contributed by atoms with van der Waals surface area (Å²) in [6.45, 7) is 4.43. The SMILES string of the molecule is CCCCC(CCCC)CCCC(=O)O. The maximum Gasteiger partial charge on any atom is 0.303 e. The van der Waals surface area contributed by atoms with E-state index >= 15 is 0 Å². The minimum absolute atomic E-state index is 0.342. The van der Waals surface area contributed by atoms with Crippen LogP contribution >= 0.6 is 0 Å². The Kier molecular flexibility index (Phi) is 9.65. The predicted molar refractivity (Wildman–Crippen MR) is 64.0 cm³/mol. The topological polar surface area (TPSA) is 37.3 Å². The standard InChI is InChI=1S/C13H26O2/c1-3-5-8-12(9-6-4-2)10-7-11-13(14)15/h12H,3-11H2,1-2H3,(H,14,15). The van der Waals surface area contributed by atoms with Crippen LogP contribution in [0.25, 0.3) is 0 Å². The van der Waals surface area contributed by atoms with Crippen molar-refractivity contribution in [1.29, 1.82) is 0 Å². The summed E-state index contributed by atoms with van der Waals surface area (Å²) >= 11 is 0. The molecule has 0 radical (unpaired) electrons. The van der Waals surface area contributed by atoms with Crippen molar-refractivity contribution in [1.82, 2.24) is 0 Å². The summed E-state index contributed by atoms with van der Waals surface area (Å²) in [4.78, 5) is 10.4. The van der Waals surface area contributed by atoms with Gasteiger partial charge in [0.1, 0.15) is 0 Å². The molecule has 0 aliphatic heterocycles. The van der Waals surface area contributed by atoms with Crippen molar-refractivity contribution in [2.75, 3.05) is 0 Å². The smallest absolute Gasteiger partial charge is 0.303 e. The van der Waals surface area contributed by atoms with E-state index in [1.165, 1.54) is 38.5 Å². The monoisotopic (exact) mass is 214 g/mol. The van der Waals surface area contributed by atoms with E-state index in [9.17, 15) is 4.79 Å². The zero-order valence-corrected chi connectivity index (χ0v) is 10.3. The number of carboxylic acid groups (broad SMARTS) is 1. The van der Waals surface area contributed by atoms with Gasteiger partial charge in [0, 0.05) is 6.42 Å². The van der Waals surface area contributed by atoms with Crippen LogP contribution in [0, 0.1) is 5.92 Å². The van der Waals surface area contributed by atoms with Crippen LogP contribution in [0.1, 0.15) is 71.6 Å². The molecule has 0 aromatic rings. The second kappa shape index (κ2) is 10.0. The number of rotatable bonds is 10. The molecule has 0 atom stereocenters. The van der Waals surface area contributed by atoms with E-state index in [4.69, 9.17) is 5.11 Å². The first-order chi connectivity index (χ1) is 7.20. The first-order valence-corrected chi connectivity index (χ1v) is 6.42. The molecule has 0 aliphatic rings. The Morgan fingerprint density at radius 3 is 1.87 bits per heavy atom. The molecule has 0 rings (SSSR count). The highest BCUT2D eigenvalue weighted by Crippen LogP contribution is 2.21. The highest BCUT2D eigenvalue weighted by atomic mass is 16.4. The summed E-state index contributed by atoms with van der Waals surface area (Å²) in [5.74, 6) is 0.115. The highest BCUT2D eigenvalue weighted by molar-refractivity contribution is 5.66. The molecule has 0 unspecified atom stereocenters. The van der Waals surface area contributed by atoms with E-state index in [1.54, 1.807) is 0 Å². The average Bonchev–Trinajstić information content (AvgIpc) is 2.20. The lowest BCUT2D eigenvalue weighted by atomic mass is 9.91. The number of carboxylic acids is 1. The molecule has 0 heterocycles. The van der Waals surface area contributed by atoms with Crippen LogP contribution < -0.4 is 0 Å². The average molecular weight is 214 g/mol. The number of aliphatic carboxylic acids is 1. The Morgan fingerprint density at radius 1 is 1.00 bits per heavy atom. The van der Waals surface area contributed by atoms with Crippen molar-refractivity contribution >= 4 is 5.97 Å². The normalized spacial score (nSPS) is 10.9. The van der Waals surface area contributed by atoms with Crippen LogP contribution in [0.5, 0.6) is 0 Å². The molecule has 0 aliphatic carbocycles. The Bertz CT molecular complexity index is 147. The molecule has 0 aromatic heterocycles. The molecule has 0 saturated heterocycles. The van der Waals surface area contributed by atoms with Gasteiger partial charge in [-0.3, -0.25) is 4.79 Å². The van der Waals surface area contributed by atoms with Gasteiger partial charge in [-0.05, 0) is 18.8 Å². The van der Waals surface area contributed by atoms with Crippen molar-refractivity contribution in [3.05, 3.63) is 0 Å². The number of hydrogen-bond donors (Lipinski definition) is 1. The first kappa shape index (κ1) is 14.5. The number of unbranched alkanes of at least 4 members (excludes halogenated alkanes) is 2. The van der Waals surface area contributed by atoms with E-state index in [0.717, 1.165) is 18.8 Å². The van der Waals surface area contributed by atoms with E-state index in [-0.39, 0.29) is 0 Å². The lowest BCUT2D eigenvalue weighted by Crippen LogP contribution is -2.03. The van der Waals surface area contributed by atoms with Gasteiger partial charge in [-0.1, -0.05) is 52.4 Å². The fraction of sp³-hybridized carbons (Fsp3) is 0.923. The summed E-state index contributed by atoms with van der Waals surface area (Å²) in [5.41, 5.74) is 0. The van der Waals surface area contributed by atoms with Crippen LogP contribution in [0.4, 0.5) is 0 Å². The maximum atomic E-state index is 10.4. The Labute approximate surface area is 94.1 Å². The van der Waals surface area contributed by atoms with E-state index in [0.29, 0.717) is 6.42 Å². The summed E-state index contributed by atoms with van der Waals surface area (Å²) in [5, 5.41) is 8.58. The summed E-state index contributed by atoms with van der Waals surface area (Å²) in [7, 11) is 0. The molecular formula is C13H26O2. The molecule has 0 aromatic carbocycles. The van der Waals surface area contributed by atoms with Crippen molar-refractivity contribution in [2.45, 2.75) is 71.6 Å². The second-order valence-electron chi connectivity index (χ2n) is 4.44. The van der Waals surface area contributed by atoms with Crippen molar-refractivity contribution in [3.63, 3.8) is 0 Å². The summed E-state index contributed by atoms with van der Waals surface area (Å²) in [6, 6.07) is 0. The van der Waals surface area contributed by atoms with Crippen LogP contribution in [-0.4, -0.2) is 11.1 Å². The van der Waals surface area contributed by atoms with Gasteiger partial charge in [-0.2, -0.15) is 0 Å². The van der Waals surface area contributed by atoms with Crippen molar-refractivity contribution in [3.8, 4) is 0 Å². The third kappa shape index (κ3) is 9.77. The Hall–Kier alpha value is -0.530. The molecule has 15 heavy (non-hydrogen) atoms. The molecule has 0 amide bonds. The number of hydrogen-bond acceptors (Lipinski definition) is 1. The lowest BCUT2D eigenvalue weighted by molar-refractivity contribution is -0.137. The van der Waals surface area contributed by atoms with Gasteiger partial charge >= 0.3 is 5.97 Å². The molecule has 0 saturated carbocycles. The second-order valence-corrected chi connectivity index (χ2v) is 4.44. The van der Waals surface area contributed by atoms with Crippen LogP contribution in [0.15, 0.2) is 0 Å². The van der Waals surface area contributed by atoms with Crippen LogP contribution in [0.3, 0.4) is 0 Å². The minimum atomic E-state index is -0.653. The molecule has 0 fully saturated rings. The maximum absolute atomic E-state index is 10.4. The van der Waals surface area contributed by atoms with Gasteiger partial charge < -0.3 is 5.11 Å². The van der Waals surface area contributed by atoms with Crippen molar-refractivity contribution < 1.29 is 9.90 Å². The quantitative estimate of drug-likeness (QED) is 0.590. The fourth-order valence-corrected chi connectivity index (χ4v) is 1.96. The largest absolute Gasteiger partial charge is 0.481 e. The third-order valence-corrected chi connectivity index (χ3v) is 2.93. The Morgan fingerprint density at radius 2 is 1.47 bits per heavy atom. The van der Waals surface area contributed by atoms with Gasteiger partial charge in [0.2, 0.25) is 0 Å². The molecule has 0 bridgehead atoms. The zero-order chi connectivity index (χ0) is 11.5. The summed E-state index contributed by atoms with van der Waals surface area (Å²) in [6.07, 6.45) is 9.97. The summed E-state index contributed by atoms with van der Waals surface area (Å²) < 4.78 is 0. The van der Waals surface area contributed by atoms with Gasteiger partial charge in [0.05, 0.1) is 0 Å². The molecule has 90 valence electrons. The van der Waals surface area contributed by atoms with E-state index in [2.05, 4.69) is 13.8 Å². The third-order valence-electron chi connectivity index (χ3n) is 2.93. The van der Waals surface area contributed by atoms with E-state index in [1.807, 2.05) is 0 Å². The molecule has 2 nitrogen and oxygen atoms in total. The molecule has 2 heteroatoms. The fourth-order valence-electron chi connectivity index (χ4n) is 1.96. The van der Waals surface area contributed by atoms with E-state index < -0.39 is 5.97 Å². The minimum Gasteiger partial charge on any atom is -0.481 e. The van der Waals surface area contributed by atoms with Crippen molar-refractivity contribution in [2.24, 2.45) is 5.92 Å². The highest BCUT2D eigenvalue weighted by Gasteiger charge is 2.08. The van der Waals surface area contributed by atoms with Gasteiger partial charge in [-0.25, -0.2) is 0 Å². The molecule has 1 N–H and O–H groups in total. The molecular weight excluding hydrogens is 188 g/mol. The van der Waals surface area contributed by atoms with Gasteiger partial charge in [0.15, 0.2) is 0 Å². The van der Waals surface area contributed by atoms with Gasteiger partial charge in [0.25, 0.3) is 0 Å². The van der Waals surface area contributed by atoms with Crippen LogP contribution in [0.2, 0.25) is 0 Å². The predicted octanol–water partition coefficient (Wildman–Crippen LogP) is 4.24. The van der Waals surface area contributed by atoms with Crippen LogP contribution in [-0.2, 0) is 4.79 Å². The molecule has 0 spiro atoms.